The predicted molar refractivity (Wildman–Crippen MR) is 269 cm³/mol. The fourth-order valence-corrected chi connectivity index (χ4v) is 10.1. The van der Waals surface area contributed by atoms with Crippen LogP contribution in [0.15, 0.2) is 82.9 Å². The summed E-state index contributed by atoms with van der Waals surface area (Å²) >= 11 is 0. The molecule has 23 heteroatoms. The fourth-order valence-electron chi connectivity index (χ4n) is 10.1. The average molecular weight is 1050 g/mol. The summed E-state index contributed by atoms with van der Waals surface area (Å²) in [6.07, 6.45) is 9.48. The van der Waals surface area contributed by atoms with E-state index in [4.69, 9.17) is 22.9 Å². The number of pyridine rings is 2. The number of carboxylic acids is 2. The Bertz CT molecular complexity index is 3620. The van der Waals surface area contributed by atoms with Crippen molar-refractivity contribution in [2.45, 2.75) is 63.7 Å². The molecule has 0 unspecified atom stereocenters. The van der Waals surface area contributed by atoms with Gasteiger partial charge in [0.25, 0.3) is 0 Å². The van der Waals surface area contributed by atoms with E-state index < -0.39 is 57.2 Å². The number of nitrogens with two attached hydrogens (primary N) is 4. The minimum absolute atomic E-state index is 0. The van der Waals surface area contributed by atoms with Gasteiger partial charge in [0.15, 0.2) is 22.5 Å². The summed E-state index contributed by atoms with van der Waals surface area (Å²) in [7, 11) is 0. The molecular weight excluding hydrogens is 1000 g/mol. The van der Waals surface area contributed by atoms with Gasteiger partial charge in [0.05, 0.1) is 56.0 Å². The second kappa shape index (κ2) is 19.5. The maximum atomic E-state index is 16.0. The molecule has 0 bridgehead atoms. The van der Waals surface area contributed by atoms with Gasteiger partial charge in [0.2, 0.25) is 11.9 Å². The minimum Gasteiger partial charge on any atom is -0.545 e. The Balaban J connectivity index is 0.000000169. The zero-order valence-corrected chi connectivity index (χ0v) is 41.9. The summed E-state index contributed by atoms with van der Waals surface area (Å²) in [4.78, 5) is 68.5. The Morgan fingerprint density at radius 1 is 0.600 bits per heavy atom. The van der Waals surface area contributed by atoms with E-state index in [1.165, 1.54) is 9.13 Å². The van der Waals surface area contributed by atoms with Crippen LogP contribution in [0.4, 0.5) is 52.5 Å². The van der Waals surface area contributed by atoms with E-state index in [-0.39, 0.29) is 94.7 Å². The number of halogens is 4. The second-order valence-electron chi connectivity index (χ2n) is 18.8. The Labute approximate surface area is 452 Å². The largest absolute Gasteiger partial charge is 2.00 e. The van der Waals surface area contributed by atoms with Crippen molar-refractivity contribution in [2.75, 3.05) is 45.8 Å². The minimum atomic E-state index is -1.68. The van der Waals surface area contributed by atoms with Gasteiger partial charge in [-0.25, -0.2) is 27.5 Å². The van der Waals surface area contributed by atoms with Gasteiger partial charge in [0.1, 0.15) is 23.3 Å². The average Bonchev–Trinajstić information content (AvgIpc) is 4.30. The smallest absolute Gasteiger partial charge is 0.545 e. The van der Waals surface area contributed by atoms with E-state index in [0.29, 0.717) is 98.6 Å². The molecule has 0 radical (unpaired) electrons. The third-order valence-corrected chi connectivity index (χ3v) is 14.0. The van der Waals surface area contributed by atoms with E-state index in [9.17, 15) is 29.4 Å². The molecule has 6 heterocycles. The maximum Gasteiger partial charge on any atom is 2.00 e. The van der Waals surface area contributed by atoms with Crippen LogP contribution in [-0.2, 0) is 25.9 Å². The summed E-state index contributed by atoms with van der Waals surface area (Å²) < 4.78 is 65.4. The molecule has 2 fully saturated rings. The van der Waals surface area contributed by atoms with E-state index >= 15 is 17.6 Å². The van der Waals surface area contributed by atoms with Crippen LogP contribution < -0.4 is 53.8 Å². The summed E-state index contributed by atoms with van der Waals surface area (Å²) in [5.41, 5.74) is 24.9. The van der Waals surface area contributed by atoms with Crippen LogP contribution in [-0.4, -0.2) is 91.8 Å². The number of rotatable bonds is 10. The molecule has 0 saturated heterocycles. The SMILES string of the molecule is Nc1ncc(CN2CCc3cc(-c4c(F)cc5c(=O)c(C(=O)[O-])cn(C6CC6)c5c4F)ccc32)c(N)n1.Nc1ncc(CN2CCc3cc(-c4c(F)cc5c(=O)c(C(=O)[O-])cn(C6CC6)c5c4F)ccc32)c(N)n1.[Ca+2]. The van der Waals surface area contributed by atoms with Gasteiger partial charge in [-0.1, -0.05) is 12.1 Å². The number of anilines is 6. The van der Waals surface area contributed by atoms with E-state index in [1.807, 2.05) is 0 Å². The van der Waals surface area contributed by atoms with Crippen molar-refractivity contribution in [2.24, 2.45) is 0 Å². The van der Waals surface area contributed by atoms with Crippen molar-refractivity contribution in [3.8, 4) is 22.3 Å². The van der Waals surface area contributed by atoms with Crippen LogP contribution in [0.1, 0.15) is 80.7 Å². The van der Waals surface area contributed by atoms with Crippen molar-refractivity contribution in [1.82, 2.24) is 29.1 Å². The molecule has 2 saturated carbocycles. The van der Waals surface area contributed by atoms with Crippen molar-refractivity contribution < 1.29 is 37.4 Å². The third kappa shape index (κ3) is 9.20. The number of carbonyl (C=O) groups is 2. The predicted octanol–water partition coefficient (Wildman–Crippen LogP) is 3.94. The number of nitrogens with zero attached hydrogens (tertiary/aromatic N) is 8. The first-order chi connectivity index (χ1) is 35.4. The van der Waals surface area contributed by atoms with Gasteiger partial charge in [-0.3, -0.25) is 9.59 Å². The molecule has 4 aromatic carbocycles. The van der Waals surface area contributed by atoms with Crippen molar-refractivity contribution in [3.05, 3.63) is 150 Å². The number of aromatic nitrogens is 6. The molecule has 0 spiro atoms. The van der Waals surface area contributed by atoms with Crippen molar-refractivity contribution in [1.29, 1.82) is 0 Å². The number of carboxylic acid groups (broad SMARTS) is 2. The number of hydrogen-bond acceptors (Lipinski definition) is 16. The third-order valence-electron chi connectivity index (χ3n) is 14.0. The summed E-state index contributed by atoms with van der Waals surface area (Å²) in [5.74, 6) is -6.27. The zero-order valence-electron chi connectivity index (χ0n) is 39.7. The van der Waals surface area contributed by atoms with Crippen molar-refractivity contribution in [3.63, 3.8) is 0 Å². The van der Waals surface area contributed by atoms with Gasteiger partial charge in [-0.05, 0) is 97.2 Å². The number of hydrogen-bond donors (Lipinski definition) is 4. The molecule has 4 aliphatic rings. The molecule has 18 nitrogen and oxygen atoms in total. The van der Waals surface area contributed by atoms with Gasteiger partial charge in [0, 0.05) is 85.6 Å². The van der Waals surface area contributed by atoms with Crippen molar-refractivity contribution >= 4 is 106 Å². The summed E-state index contributed by atoms with van der Waals surface area (Å²) in [5, 5.41) is 22.3. The Hall–Kier alpha value is -7.82. The first kappa shape index (κ1) is 50.7. The standard InChI is InChI=1S/2C26H22F2N6O3.Ca/c2*27-18-8-16-22(34(15-2-3-15)11-17(23(16)35)25(36)37)21(28)20(18)13-1-4-19-12(7-13)5-6-33(19)10-14-9-31-26(30)32-24(14)29;/h2*1,4,7-9,11,15H,2-3,5-6,10H2,(H,36,37)(H4,29,30,31,32);/q;;+2/p-2. The number of fused-ring (bicyclic) bond motifs is 4. The quantitative estimate of drug-likeness (QED) is 0.111. The molecule has 0 amide bonds. The number of carbonyl (C=O) groups excluding carboxylic acids is 2. The molecule has 2 aliphatic carbocycles. The monoisotopic (exact) mass is 1050 g/mol. The van der Waals surface area contributed by atoms with Crippen LogP contribution in [0.3, 0.4) is 0 Å². The fraction of sp³-hybridized carbons (Fsp3) is 0.231. The molecule has 376 valence electrons. The molecular formula is C52H42CaF4N12O6. The van der Waals surface area contributed by atoms with E-state index in [1.54, 1.807) is 48.8 Å². The first-order valence-corrected chi connectivity index (χ1v) is 23.5. The van der Waals surface area contributed by atoms with Gasteiger partial charge >= 0.3 is 37.7 Å². The van der Waals surface area contributed by atoms with Crippen LogP contribution in [0, 0.1) is 23.3 Å². The molecule has 75 heavy (non-hydrogen) atoms. The zero-order chi connectivity index (χ0) is 52.0. The van der Waals surface area contributed by atoms with Gasteiger partial charge < -0.3 is 61.7 Å². The topological polar surface area (TPSA) is 286 Å². The molecule has 8 N–H and O–H groups in total. The summed E-state index contributed by atoms with van der Waals surface area (Å²) in [6.45, 7) is 2.23. The Kier molecular flexibility index (Phi) is 13.2. The van der Waals surface area contributed by atoms with Gasteiger partial charge in [-0.2, -0.15) is 9.97 Å². The Morgan fingerprint density at radius 3 is 1.33 bits per heavy atom. The second-order valence-corrected chi connectivity index (χ2v) is 18.8. The van der Waals surface area contributed by atoms with E-state index in [0.717, 1.165) is 47.0 Å². The first-order valence-electron chi connectivity index (χ1n) is 23.5. The van der Waals surface area contributed by atoms with Crippen LogP contribution in [0.25, 0.3) is 44.1 Å². The molecule has 8 aromatic rings. The molecule has 2 aliphatic heterocycles. The van der Waals surface area contributed by atoms with E-state index in [2.05, 4.69) is 29.7 Å². The number of benzene rings is 4. The molecule has 4 aromatic heterocycles. The van der Waals surface area contributed by atoms with Gasteiger partial charge in [-0.15, -0.1) is 0 Å². The molecule has 12 rings (SSSR count). The van der Waals surface area contributed by atoms with Crippen LogP contribution in [0.2, 0.25) is 0 Å². The number of aromatic carboxylic acids is 2. The maximum absolute atomic E-state index is 16.0. The van der Waals surface area contributed by atoms with Crippen LogP contribution in [0.5, 0.6) is 0 Å². The van der Waals surface area contributed by atoms with Crippen LogP contribution >= 0.6 is 0 Å². The number of nitrogen functional groups attached to an aromatic ring is 4. The normalized spacial score (nSPS) is 14.6. The summed E-state index contributed by atoms with van der Waals surface area (Å²) in [6, 6.07) is 11.8. The Morgan fingerprint density at radius 2 is 0.987 bits per heavy atom. The molecule has 0 atom stereocenters.